The van der Waals surface area contributed by atoms with Crippen molar-refractivity contribution >= 4 is 21.4 Å². The highest BCUT2D eigenvalue weighted by atomic mass is 32.2. The van der Waals surface area contributed by atoms with E-state index in [4.69, 9.17) is 4.74 Å². The molecule has 1 heterocycles. The maximum Gasteiger partial charge on any atom is 0.433 e. The number of alkyl halides is 3. The number of nitrogens with zero attached hydrogens (tertiary/aromatic N) is 2. The Balaban J connectivity index is 2.39. The number of nitro groups is 1. The fourth-order valence-corrected chi connectivity index (χ4v) is 3.05. The van der Waals surface area contributed by atoms with E-state index in [-0.39, 0.29) is 11.4 Å². The Morgan fingerprint density at radius 1 is 1.24 bits per heavy atom. The molecule has 0 radical (unpaired) electrons. The lowest BCUT2D eigenvalue weighted by Gasteiger charge is -2.12. The summed E-state index contributed by atoms with van der Waals surface area (Å²) in [5.41, 5.74) is -1.93. The molecule has 0 aliphatic carbocycles. The van der Waals surface area contributed by atoms with E-state index in [1.807, 2.05) is 4.72 Å². The smallest absolute Gasteiger partial charge is 0.433 e. The second-order valence-electron chi connectivity index (χ2n) is 4.63. The molecule has 2 aromatic rings. The van der Waals surface area contributed by atoms with Crippen LogP contribution in [-0.4, -0.2) is 25.4 Å². The molecule has 1 N–H and O–H groups in total. The predicted octanol–water partition coefficient (Wildman–Crippen LogP) is 2.82. The van der Waals surface area contributed by atoms with Crippen LogP contribution in [0.2, 0.25) is 0 Å². The van der Waals surface area contributed by atoms with Crippen LogP contribution in [0.5, 0.6) is 5.75 Å². The van der Waals surface area contributed by atoms with Crippen LogP contribution >= 0.6 is 0 Å². The van der Waals surface area contributed by atoms with Crippen LogP contribution in [0.4, 0.5) is 24.5 Å². The highest BCUT2D eigenvalue weighted by molar-refractivity contribution is 7.92. The Morgan fingerprint density at radius 3 is 2.40 bits per heavy atom. The molecule has 0 aliphatic heterocycles. The number of nitrogens with one attached hydrogen (secondary N) is 1. The number of hydrogen-bond donors (Lipinski definition) is 1. The highest BCUT2D eigenvalue weighted by Crippen LogP contribution is 2.31. The third kappa shape index (κ3) is 4.15. The quantitative estimate of drug-likeness (QED) is 0.633. The summed E-state index contributed by atoms with van der Waals surface area (Å²) in [5, 5.41) is 10.8. The zero-order chi connectivity index (χ0) is 18.8. The van der Waals surface area contributed by atoms with E-state index in [0.29, 0.717) is 12.3 Å². The summed E-state index contributed by atoms with van der Waals surface area (Å²) < 4.78 is 69.0. The number of methoxy groups -OCH3 is 1. The van der Waals surface area contributed by atoms with Crippen molar-refractivity contribution in [2.45, 2.75) is 11.1 Å². The number of pyridine rings is 1. The fraction of sp³-hybridized carbons (Fsp3) is 0.154. The maximum atomic E-state index is 12.5. The number of anilines is 1. The van der Waals surface area contributed by atoms with Gasteiger partial charge in [0.05, 0.1) is 23.9 Å². The summed E-state index contributed by atoms with van der Waals surface area (Å²) in [7, 11) is -3.19. The van der Waals surface area contributed by atoms with Gasteiger partial charge in [0, 0.05) is 12.1 Å². The third-order valence-corrected chi connectivity index (χ3v) is 4.36. The van der Waals surface area contributed by atoms with Gasteiger partial charge < -0.3 is 4.74 Å². The largest absolute Gasteiger partial charge is 0.495 e. The topological polar surface area (TPSA) is 111 Å². The van der Waals surface area contributed by atoms with Gasteiger partial charge in [-0.15, -0.1) is 0 Å². The molecule has 0 saturated carbocycles. The molecule has 1 aromatic carbocycles. The molecular weight excluding hydrogens is 367 g/mol. The van der Waals surface area contributed by atoms with Gasteiger partial charge in [0.15, 0.2) is 0 Å². The third-order valence-electron chi connectivity index (χ3n) is 2.95. The van der Waals surface area contributed by atoms with Gasteiger partial charge in [0.2, 0.25) is 0 Å². The number of sulfonamides is 1. The molecule has 0 aliphatic rings. The Labute approximate surface area is 139 Å². The van der Waals surface area contributed by atoms with Crippen molar-refractivity contribution in [3.8, 4) is 5.75 Å². The SMILES string of the molecule is COc1ccc([N+](=O)[O-])cc1S(=O)(=O)Nc1ccc(C(F)(F)F)nc1. The molecular formula is C13H10F3N3O5S. The van der Waals surface area contributed by atoms with Crippen LogP contribution in [0.1, 0.15) is 5.69 Å². The average molecular weight is 377 g/mol. The van der Waals surface area contributed by atoms with Crippen molar-refractivity contribution < 1.29 is 31.2 Å². The number of nitro benzene ring substituents is 1. The van der Waals surface area contributed by atoms with E-state index < -0.39 is 37.4 Å². The summed E-state index contributed by atoms with van der Waals surface area (Å²) in [6, 6.07) is 4.40. The lowest BCUT2D eigenvalue weighted by Crippen LogP contribution is -2.15. The van der Waals surface area contributed by atoms with E-state index in [1.165, 1.54) is 7.11 Å². The van der Waals surface area contributed by atoms with Crippen molar-refractivity contribution in [1.82, 2.24) is 4.98 Å². The van der Waals surface area contributed by atoms with Gasteiger partial charge in [-0.25, -0.2) is 13.4 Å². The molecule has 134 valence electrons. The Kier molecular flexibility index (Phi) is 4.83. The first kappa shape index (κ1) is 18.4. The molecule has 25 heavy (non-hydrogen) atoms. The van der Waals surface area contributed by atoms with E-state index in [9.17, 15) is 31.7 Å². The molecule has 2 rings (SSSR count). The summed E-state index contributed by atoms with van der Waals surface area (Å²) in [4.78, 5) is 12.6. The van der Waals surface area contributed by atoms with Crippen LogP contribution in [0.3, 0.4) is 0 Å². The van der Waals surface area contributed by atoms with Crippen LogP contribution in [0.15, 0.2) is 41.4 Å². The Morgan fingerprint density at radius 2 is 1.92 bits per heavy atom. The first-order valence-electron chi connectivity index (χ1n) is 6.43. The fourth-order valence-electron chi connectivity index (χ4n) is 1.82. The number of halogens is 3. The molecule has 0 fully saturated rings. The molecule has 12 heteroatoms. The first-order valence-corrected chi connectivity index (χ1v) is 7.91. The summed E-state index contributed by atoms with van der Waals surface area (Å²) >= 11 is 0. The van der Waals surface area contributed by atoms with Crippen molar-refractivity contribution in [2.24, 2.45) is 0 Å². The predicted molar refractivity (Wildman–Crippen MR) is 79.7 cm³/mol. The average Bonchev–Trinajstić information content (AvgIpc) is 2.53. The van der Waals surface area contributed by atoms with Gasteiger partial charge in [-0.2, -0.15) is 13.2 Å². The van der Waals surface area contributed by atoms with E-state index >= 15 is 0 Å². The molecule has 0 saturated heterocycles. The van der Waals surface area contributed by atoms with Gasteiger partial charge in [0.25, 0.3) is 15.7 Å². The standard InChI is InChI=1S/C13H10F3N3O5S/c1-24-10-4-3-9(19(20)21)6-11(10)25(22,23)18-8-2-5-12(17-7-8)13(14,15)16/h2-7,18H,1H3. The Bertz CT molecular complexity index is 898. The van der Waals surface area contributed by atoms with Gasteiger partial charge in [-0.05, 0) is 18.2 Å². The summed E-state index contributed by atoms with van der Waals surface area (Å²) in [6.45, 7) is 0. The van der Waals surface area contributed by atoms with Crippen molar-refractivity contribution in [1.29, 1.82) is 0 Å². The van der Waals surface area contributed by atoms with E-state index in [2.05, 4.69) is 4.98 Å². The molecule has 0 amide bonds. The van der Waals surface area contributed by atoms with Crippen molar-refractivity contribution in [2.75, 3.05) is 11.8 Å². The summed E-state index contributed by atoms with van der Waals surface area (Å²) in [5.74, 6) is -0.169. The van der Waals surface area contributed by atoms with Gasteiger partial charge in [-0.1, -0.05) is 0 Å². The molecule has 1 aromatic heterocycles. The lowest BCUT2D eigenvalue weighted by atomic mass is 10.3. The number of rotatable bonds is 5. The Hall–Kier alpha value is -2.89. The van der Waals surface area contributed by atoms with Gasteiger partial charge in [0.1, 0.15) is 16.3 Å². The molecule has 0 spiro atoms. The molecule has 8 nitrogen and oxygen atoms in total. The van der Waals surface area contributed by atoms with Crippen LogP contribution in [-0.2, 0) is 16.2 Å². The lowest BCUT2D eigenvalue weighted by molar-refractivity contribution is -0.385. The molecule has 0 bridgehead atoms. The second-order valence-corrected chi connectivity index (χ2v) is 6.28. The number of benzene rings is 1. The normalized spacial score (nSPS) is 11.8. The van der Waals surface area contributed by atoms with Gasteiger partial charge in [-0.3, -0.25) is 14.8 Å². The monoisotopic (exact) mass is 377 g/mol. The zero-order valence-corrected chi connectivity index (χ0v) is 13.3. The maximum absolute atomic E-state index is 12.5. The van der Waals surface area contributed by atoms with E-state index in [0.717, 1.165) is 24.3 Å². The zero-order valence-electron chi connectivity index (χ0n) is 12.4. The first-order chi connectivity index (χ1) is 11.5. The van der Waals surface area contributed by atoms with E-state index in [1.54, 1.807) is 0 Å². The molecule has 0 unspecified atom stereocenters. The number of non-ortho nitro benzene ring substituents is 1. The number of hydrogen-bond acceptors (Lipinski definition) is 6. The number of ether oxygens (including phenoxy) is 1. The number of aromatic nitrogens is 1. The minimum absolute atomic E-state index is 0.169. The van der Waals surface area contributed by atoms with Crippen LogP contribution < -0.4 is 9.46 Å². The minimum atomic E-state index is -4.67. The van der Waals surface area contributed by atoms with Gasteiger partial charge >= 0.3 is 6.18 Å². The summed E-state index contributed by atoms with van der Waals surface area (Å²) in [6.07, 6.45) is -3.98. The second kappa shape index (κ2) is 6.55. The minimum Gasteiger partial charge on any atom is -0.495 e. The van der Waals surface area contributed by atoms with Crippen molar-refractivity contribution in [3.63, 3.8) is 0 Å². The highest BCUT2D eigenvalue weighted by Gasteiger charge is 2.32. The van der Waals surface area contributed by atoms with Crippen molar-refractivity contribution in [3.05, 3.63) is 52.3 Å². The van der Waals surface area contributed by atoms with Crippen LogP contribution in [0, 0.1) is 10.1 Å². The van der Waals surface area contributed by atoms with Crippen LogP contribution in [0.25, 0.3) is 0 Å². The molecule has 0 atom stereocenters.